The minimum absolute atomic E-state index is 0.128. The molecule has 0 spiro atoms. The molecule has 0 bridgehead atoms. The number of carbonyl (C=O) groups is 2. The first-order valence-corrected chi connectivity index (χ1v) is 14.0. The van der Waals surface area contributed by atoms with Gasteiger partial charge in [0.05, 0.1) is 5.57 Å². The second kappa shape index (κ2) is 8.39. The van der Waals surface area contributed by atoms with Gasteiger partial charge in [0, 0.05) is 21.4 Å². The number of thiazole rings is 1. The van der Waals surface area contributed by atoms with Crippen molar-refractivity contribution in [3.63, 3.8) is 0 Å². The molecule has 0 amide bonds. The summed E-state index contributed by atoms with van der Waals surface area (Å²) in [7, 11) is 0. The lowest BCUT2D eigenvalue weighted by Crippen LogP contribution is -2.03. The zero-order valence-corrected chi connectivity index (χ0v) is 21.9. The van der Waals surface area contributed by atoms with E-state index >= 15 is 0 Å². The van der Waals surface area contributed by atoms with Crippen LogP contribution < -0.4 is 0 Å². The minimum atomic E-state index is -0.270. The summed E-state index contributed by atoms with van der Waals surface area (Å²) in [5, 5.41) is 4.78. The van der Waals surface area contributed by atoms with Crippen LogP contribution >= 0.6 is 22.7 Å². The fourth-order valence-electron chi connectivity index (χ4n) is 5.15. The topological polar surface area (TPSA) is 64.8 Å². The molecule has 0 aliphatic heterocycles. The first-order valence-electron chi connectivity index (χ1n) is 12.4. The molecule has 8 rings (SSSR count). The second-order valence-electron chi connectivity index (χ2n) is 9.40. The number of benzene rings is 4. The molecule has 7 aromatic rings. The maximum absolute atomic E-state index is 13.5. The molecule has 39 heavy (non-hydrogen) atoms. The van der Waals surface area contributed by atoms with E-state index in [1.807, 2.05) is 83.4 Å². The minimum Gasteiger partial charge on any atom is -0.288 e. The molecule has 1 aliphatic carbocycles. The average Bonchev–Trinajstić information content (AvgIpc) is 3.71. The molecule has 0 saturated carbocycles. The molecule has 0 unspecified atom stereocenters. The summed E-state index contributed by atoms with van der Waals surface area (Å²) in [5.74, 6) is -0.0233. The van der Waals surface area contributed by atoms with Crippen molar-refractivity contribution in [1.82, 2.24) is 14.5 Å². The lowest BCUT2D eigenvalue weighted by molar-refractivity contribution is 0.0990. The Morgan fingerprint density at radius 3 is 2.00 bits per heavy atom. The van der Waals surface area contributed by atoms with Crippen LogP contribution in [0.15, 0.2) is 103 Å². The van der Waals surface area contributed by atoms with Gasteiger partial charge in [0.25, 0.3) is 0 Å². The van der Waals surface area contributed by atoms with E-state index in [1.54, 1.807) is 17.4 Å². The number of Topliss-reactive ketones (excluding diaryl/α,β-unsaturated/α-hetero) is 2. The summed E-state index contributed by atoms with van der Waals surface area (Å²) in [6, 6.07) is 31.7. The summed E-state index contributed by atoms with van der Waals surface area (Å²) in [5.41, 5.74) is 2.74. The van der Waals surface area contributed by atoms with Crippen LogP contribution in [-0.4, -0.2) is 26.1 Å². The molecule has 0 N–H and O–H groups in total. The van der Waals surface area contributed by atoms with Crippen molar-refractivity contribution >= 4 is 71.7 Å². The third-order valence-corrected chi connectivity index (χ3v) is 9.13. The van der Waals surface area contributed by atoms with Gasteiger partial charge in [0.15, 0.2) is 22.0 Å². The zero-order chi connectivity index (χ0) is 26.1. The normalized spacial score (nSPS) is 13.2. The molecule has 0 saturated heterocycles. The molecule has 3 aromatic heterocycles. The molecule has 0 fully saturated rings. The Hall–Kier alpha value is -4.72. The Bertz CT molecular complexity index is 2080. The average molecular weight is 540 g/mol. The highest BCUT2D eigenvalue weighted by Crippen LogP contribution is 2.37. The lowest BCUT2D eigenvalue weighted by atomic mass is 10.0. The van der Waals surface area contributed by atoms with Crippen LogP contribution in [0, 0.1) is 0 Å². The highest BCUT2D eigenvalue weighted by atomic mass is 32.1. The first-order chi connectivity index (χ1) is 19.1. The van der Waals surface area contributed by atoms with E-state index < -0.39 is 0 Å². The highest BCUT2D eigenvalue weighted by molar-refractivity contribution is 7.22. The van der Waals surface area contributed by atoms with Crippen LogP contribution in [0.2, 0.25) is 0 Å². The SMILES string of the molecule is O=C1C(=Cc2nc3sc(-c4ccccc4)nc3n2-c2cc3ccccc3s2)C(=O)c2cc3ccccc3cc21. The highest BCUT2D eigenvalue weighted by Gasteiger charge is 2.34. The van der Waals surface area contributed by atoms with E-state index in [0.29, 0.717) is 22.6 Å². The number of thiophene rings is 1. The second-order valence-corrected chi connectivity index (χ2v) is 11.4. The Balaban J connectivity index is 1.33. The smallest absolute Gasteiger partial charge is 0.197 e. The number of hydrogen-bond donors (Lipinski definition) is 0. The van der Waals surface area contributed by atoms with Gasteiger partial charge in [-0.25, -0.2) is 9.97 Å². The molecule has 4 aromatic carbocycles. The monoisotopic (exact) mass is 539 g/mol. The standard InChI is InChI=1S/C32H17N3O2S2/c36-28-22-14-19-10-4-5-11-20(19)15-23(22)29(37)24(28)17-26-33-32-30(34-31(39-32)18-8-2-1-3-9-18)35(26)27-16-21-12-6-7-13-25(21)38-27/h1-17H. The number of allylic oxidation sites excluding steroid dienone is 1. The van der Waals surface area contributed by atoms with Crippen molar-refractivity contribution in [2.75, 3.05) is 0 Å². The van der Waals surface area contributed by atoms with E-state index in [-0.39, 0.29) is 17.1 Å². The molecule has 5 nitrogen and oxygen atoms in total. The lowest BCUT2D eigenvalue weighted by Gasteiger charge is -2.03. The van der Waals surface area contributed by atoms with Gasteiger partial charge >= 0.3 is 0 Å². The molecular formula is C32H17N3O2S2. The van der Waals surface area contributed by atoms with Crippen LogP contribution in [0.25, 0.3) is 53.0 Å². The van der Waals surface area contributed by atoms with Gasteiger partial charge < -0.3 is 0 Å². The van der Waals surface area contributed by atoms with Crippen LogP contribution in [0.1, 0.15) is 26.5 Å². The van der Waals surface area contributed by atoms with Crippen molar-refractivity contribution in [2.45, 2.75) is 0 Å². The van der Waals surface area contributed by atoms with Crippen molar-refractivity contribution in [3.8, 4) is 15.6 Å². The predicted octanol–water partition coefficient (Wildman–Crippen LogP) is 7.98. The van der Waals surface area contributed by atoms with E-state index in [4.69, 9.17) is 9.97 Å². The van der Waals surface area contributed by atoms with Crippen LogP contribution in [0.5, 0.6) is 0 Å². The first kappa shape index (κ1) is 22.3. The molecule has 0 atom stereocenters. The number of rotatable bonds is 3. The van der Waals surface area contributed by atoms with Crippen molar-refractivity contribution < 1.29 is 9.59 Å². The summed E-state index contributed by atoms with van der Waals surface area (Å²) < 4.78 is 3.11. The van der Waals surface area contributed by atoms with E-state index in [0.717, 1.165) is 41.3 Å². The Morgan fingerprint density at radius 2 is 1.31 bits per heavy atom. The molecule has 1 aliphatic rings. The summed E-state index contributed by atoms with van der Waals surface area (Å²) in [6.07, 6.45) is 1.64. The van der Waals surface area contributed by atoms with Gasteiger partial charge in [-0.3, -0.25) is 14.2 Å². The number of imidazole rings is 1. The van der Waals surface area contributed by atoms with Crippen LogP contribution in [0.3, 0.4) is 0 Å². The van der Waals surface area contributed by atoms with Crippen molar-refractivity contribution in [3.05, 3.63) is 120 Å². The van der Waals surface area contributed by atoms with Crippen LogP contribution in [0.4, 0.5) is 0 Å². The number of aromatic nitrogens is 3. The van der Waals surface area contributed by atoms with Gasteiger partial charge in [0.2, 0.25) is 0 Å². The quantitative estimate of drug-likeness (QED) is 0.169. The number of hydrogen-bond acceptors (Lipinski definition) is 6. The molecule has 7 heteroatoms. The summed E-state index contributed by atoms with van der Waals surface area (Å²) in [6.45, 7) is 0. The van der Waals surface area contributed by atoms with Gasteiger partial charge in [-0.15, -0.1) is 11.3 Å². The third-order valence-electron chi connectivity index (χ3n) is 7.04. The van der Waals surface area contributed by atoms with E-state index in [2.05, 4.69) is 18.2 Å². The molecule has 3 heterocycles. The Morgan fingerprint density at radius 1 is 0.667 bits per heavy atom. The predicted molar refractivity (Wildman–Crippen MR) is 158 cm³/mol. The zero-order valence-electron chi connectivity index (χ0n) is 20.3. The third kappa shape index (κ3) is 3.44. The van der Waals surface area contributed by atoms with Crippen molar-refractivity contribution in [1.29, 1.82) is 0 Å². The van der Waals surface area contributed by atoms with Crippen LogP contribution in [-0.2, 0) is 0 Å². The fourth-order valence-corrected chi connectivity index (χ4v) is 7.16. The van der Waals surface area contributed by atoms with Gasteiger partial charge in [-0.2, -0.15) is 0 Å². The summed E-state index contributed by atoms with van der Waals surface area (Å²) in [4.78, 5) is 37.6. The number of fused-ring (bicyclic) bond motifs is 4. The molecular weight excluding hydrogens is 523 g/mol. The van der Waals surface area contributed by atoms with E-state index in [1.165, 1.54) is 11.3 Å². The maximum atomic E-state index is 13.5. The van der Waals surface area contributed by atoms with E-state index in [9.17, 15) is 9.59 Å². The summed E-state index contributed by atoms with van der Waals surface area (Å²) >= 11 is 3.12. The largest absolute Gasteiger partial charge is 0.288 e. The van der Waals surface area contributed by atoms with Gasteiger partial charge in [-0.05, 0) is 46.5 Å². The maximum Gasteiger partial charge on any atom is 0.197 e. The Kier molecular flexibility index (Phi) is 4.79. The Labute approximate surface area is 230 Å². The molecule has 0 radical (unpaired) electrons. The number of carbonyl (C=O) groups excluding carboxylic acids is 2. The molecule has 184 valence electrons. The van der Waals surface area contributed by atoms with Gasteiger partial charge in [0.1, 0.15) is 15.8 Å². The number of nitrogens with zero attached hydrogens (tertiary/aromatic N) is 3. The number of ketones is 2. The fraction of sp³-hybridized carbons (Fsp3) is 0. The van der Waals surface area contributed by atoms with Gasteiger partial charge in [-0.1, -0.05) is 84.1 Å². The van der Waals surface area contributed by atoms with Crippen molar-refractivity contribution in [2.24, 2.45) is 0 Å².